The fourth-order valence-corrected chi connectivity index (χ4v) is 2.89. The van der Waals surface area contributed by atoms with Crippen LogP contribution in [-0.2, 0) is 0 Å². The Balaban J connectivity index is 1.96. The summed E-state index contributed by atoms with van der Waals surface area (Å²) in [4.78, 5) is 11.2. The van der Waals surface area contributed by atoms with Gasteiger partial charge < -0.3 is 16.8 Å². The molecule has 1 fully saturated rings. The van der Waals surface area contributed by atoms with Gasteiger partial charge in [-0.2, -0.15) is 0 Å². The van der Waals surface area contributed by atoms with Crippen LogP contribution < -0.4 is 16.8 Å². The van der Waals surface area contributed by atoms with E-state index in [2.05, 4.69) is 12.2 Å². The van der Waals surface area contributed by atoms with E-state index in [0.717, 1.165) is 24.1 Å². The summed E-state index contributed by atoms with van der Waals surface area (Å²) < 4.78 is 0. The maximum atomic E-state index is 11.2. The Hall–Kier alpha value is -1.71. The van der Waals surface area contributed by atoms with Gasteiger partial charge >= 0.3 is 0 Å². The number of amides is 1. The van der Waals surface area contributed by atoms with Gasteiger partial charge in [-0.05, 0) is 42.9 Å². The zero-order chi connectivity index (χ0) is 13.8. The van der Waals surface area contributed by atoms with Crippen molar-refractivity contribution in [3.05, 3.63) is 23.8 Å². The minimum Gasteiger partial charge on any atom is -0.398 e. The van der Waals surface area contributed by atoms with Crippen LogP contribution >= 0.6 is 0 Å². The average Bonchev–Trinajstić information content (AvgIpc) is 2.37. The molecule has 0 aliphatic heterocycles. The van der Waals surface area contributed by atoms with Crippen LogP contribution in [-0.4, -0.2) is 12.5 Å². The summed E-state index contributed by atoms with van der Waals surface area (Å²) in [6.07, 6.45) is 5.24. The van der Waals surface area contributed by atoms with Crippen LogP contribution in [0.5, 0.6) is 0 Å². The van der Waals surface area contributed by atoms with Crippen LogP contribution in [0.1, 0.15) is 43.0 Å². The molecule has 1 aliphatic carbocycles. The van der Waals surface area contributed by atoms with Gasteiger partial charge in [-0.25, -0.2) is 0 Å². The molecule has 0 bridgehead atoms. The van der Waals surface area contributed by atoms with Crippen molar-refractivity contribution in [1.29, 1.82) is 0 Å². The van der Waals surface area contributed by atoms with Crippen molar-refractivity contribution in [2.45, 2.75) is 32.6 Å². The molecule has 0 aromatic heterocycles. The average molecular weight is 261 g/mol. The van der Waals surface area contributed by atoms with Crippen molar-refractivity contribution in [2.75, 3.05) is 17.6 Å². The Labute approximate surface area is 114 Å². The largest absolute Gasteiger partial charge is 0.398 e. The van der Waals surface area contributed by atoms with Gasteiger partial charge in [0, 0.05) is 17.9 Å². The zero-order valence-electron chi connectivity index (χ0n) is 11.5. The van der Waals surface area contributed by atoms with Gasteiger partial charge in [-0.15, -0.1) is 0 Å². The normalized spacial score (nSPS) is 23.0. The molecule has 0 spiro atoms. The van der Waals surface area contributed by atoms with Gasteiger partial charge in [-0.1, -0.05) is 19.8 Å². The topological polar surface area (TPSA) is 81.1 Å². The van der Waals surface area contributed by atoms with E-state index in [1.165, 1.54) is 25.7 Å². The fraction of sp³-hybridized carbons (Fsp3) is 0.533. The van der Waals surface area contributed by atoms with Crippen molar-refractivity contribution in [1.82, 2.24) is 0 Å². The summed E-state index contributed by atoms with van der Waals surface area (Å²) in [7, 11) is 0. The lowest BCUT2D eigenvalue weighted by molar-refractivity contribution is 0.100. The predicted molar refractivity (Wildman–Crippen MR) is 79.0 cm³/mol. The molecular formula is C15H23N3O. The van der Waals surface area contributed by atoms with Crippen LogP contribution in [0, 0.1) is 11.8 Å². The molecule has 4 nitrogen and oxygen atoms in total. The molecule has 0 radical (unpaired) electrons. The molecule has 1 aliphatic rings. The van der Waals surface area contributed by atoms with E-state index in [4.69, 9.17) is 11.5 Å². The number of hydrogen-bond acceptors (Lipinski definition) is 3. The summed E-state index contributed by atoms with van der Waals surface area (Å²) in [5, 5.41) is 3.39. The van der Waals surface area contributed by atoms with Crippen molar-refractivity contribution in [3.8, 4) is 0 Å². The van der Waals surface area contributed by atoms with E-state index >= 15 is 0 Å². The summed E-state index contributed by atoms with van der Waals surface area (Å²) in [6.45, 7) is 3.27. The Bertz CT molecular complexity index is 459. The third kappa shape index (κ3) is 3.63. The van der Waals surface area contributed by atoms with Crippen LogP contribution in [0.3, 0.4) is 0 Å². The molecule has 0 saturated heterocycles. The Kier molecular flexibility index (Phi) is 4.30. The number of carbonyl (C=O) groups excluding carboxylic acids is 1. The zero-order valence-corrected chi connectivity index (χ0v) is 11.5. The van der Waals surface area contributed by atoms with E-state index in [-0.39, 0.29) is 0 Å². The van der Waals surface area contributed by atoms with E-state index in [0.29, 0.717) is 11.3 Å². The highest BCUT2D eigenvalue weighted by Gasteiger charge is 2.18. The van der Waals surface area contributed by atoms with E-state index in [9.17, 15) is 4.79 Å². The van der Waals surface area contributed by atoms with Gasteiger partial charge in [0.05, 0.1) is 5.56 Å². The molecule has 2 rings (SSSR count). The first-order chi connectivity index (χ1) is 9.06. The second-order valence-electron chi connectivity index (χ2n) is 5.68. The highest BCUT2D eigenvalue weighted by Crippen LogP contribution is 2.29. The molecule has 1 aromatic carbocycles. The van der Waals surface area contributed by atoms with Crippen LogP contribution in [0.25, 0.3) is 0 Å². The lowest BCUT2D eigenvalue weighted by Gasteiger charge is -2.27. The first-order valence-electron chi connectivity index (χ1n) is 6.99. The van der Waals surface area contributed by atoms with E-state index in [1.54, 1.807) is 12.1 Å². The minimum absolute atomic E-state index is 0.391. The SMILES string of the molecule is CC1CCCC(CNc2ccc(N)c(C(N)=O)c2)C1. The molecule has 1 aromatic rings. The van der Waals surface area contributed by atoms with Gasteiger partial charge in [0.15, 0.2) is 0 Å². The molecular weight excluding hydrogens is 238 g/mol. The van der Waals surface area contributed by atoms with Crippen molar-refractivity contribution < 1.29 is 4.79 Å². The molecule has 104 valence electrons. The molecule has 0 heterocycles. The lowest BCUT2D eigenvalue weighted by Crippen LogP contribution is -2.21. The number of nitrogen functional groups attached to an aromatic ring is 1. The van der Waals surface area contributed by atoms with Crippen molar-refractivity contribution >= 4 is 17.3 Å². The van der Waals surface area contributed by atoms with Crippen LogP contribution in [0.4, 0.5) is 11.4 Å². The minimum atomic E-state index is -0.479. The molecule has 1 saturated carbocycles. The third-order valence-corrected chi connectivity index (χ3v) is 3.96. The fourth-order valence-electron chi connectivity index (χ4n) is 2.89. The number of nitrogens with one attached hydrogen (secondary N) is 1. The maximum Gasteiger partial charge on any atom is 0.250 e. The predicted octanol–water partition coefficient (Wildman–Crippen LogP) is 2.61. The molecule has 1 amide bonds. The number of hydrogen-bond donors (Lipinski definition) is 3. The number of benzene rings is 1. The second-order valence-corrected chi connectivity index (χ2v) is 5.68. The standard InChI is InChI=1S/C15H23N3O/c1-10-3-2-4-11(7-10)9-18-12-5-6-14(16)13(8-12)15(17)19/h5-6,8,10-11,18H,2-4,7,9,16H2,1H3,(H2,17,19). The number of primary amides is 1. The monoisotopic (exact) mass is 261 g/mol. The number of nitrogens with two attached hydrogens (primary N) is 2. The maximum absolute atomic E-state index is 11.2. The molecule has 2 atom stereocenters. The van der Waals surface area contributed by atoms with Crippen LogP contribution in [0.2, 0.25) is 0 Å². The van der Waals surface area contributed by atoms with Gasteiger partial charge in [-0.3, -0.25) is 4.79 Å². The highest BCUT2D eigenvalue weighted by atomic mass is 16.1. The van der Waals surface area contributed by atoms with Gasteiger partial charge in [0.1, 0.15) is 0 Å². The third-order valence-electron chi connectivity index (χ3n) is 3.96. The first kappa shape index (κ1) is 13.7. The molecule has 4 heteroatoms. The van der Waals surface area contributed by atoms with Crippen molar-refractivity contribution in [2.24, 2.45) is 17.6 Å². The Morgan fingerprint density at radius 2 is 2.21 bits per heavy atom. The smallest absolute Gasteiger partial charge is 0.250 e. The lowest BCUT2D eigenvalue weighted by atomic mass is 9.82. The summed E-state index contributed by atoms with van der Waals surface area (Å²) >= 11 is 0. The van der Waals surface area contributed by atoms with E-state index < -0.39 is 5.91 Å². The Morgan fingerprint density at radius 1 is 1.42 bits per heavy atom. The Morgan fingerprint density at radius 3 is 2.89 bits per heavy atom. The van der Waals surface area contributed by atoms with Gasteiger partial charge in [0.2, 0.25) is 0 Å². The quantitative estimate of drug-likeness (QED) is 0.729. The molecule has 5 N–H and O–H groups in total. The summed E-state index contributed by atoms with van der Waals surface area (Å²) in [5.74, 6) is 1.07. The van der Waals surface area contributed by atoms with E-state index in [1.807, 2.05) is 6.07 Å². The molecule has 19 heavy (non-hydrogen) atoms. The first-order valence-corrected chi connectivity index (χ1v) is 6.99. The van der Waals surface area contributed by atoms with Crippen LogP contribution in [0.15, 0.2) is 18.2 Å². The van der Waals surface area contributed by atoms with Gasteiger partial charge in [0.25, 0.3) is 5.91 Å². The summed E-state index contributed by atoms with van der Waals surface area (Å²) in [6, 6.07) is 5.36. The number of carbonyl (C=O) groups is 1. The number of rotatable bonds is 4. The summed E-state index contributed by atoms with van der Waals surface area (Å²) in [5.41, 5.74) is 12.8. The number of anilines is 2. The highest BCUT2D eigenvalue weighted by molar-refractivity contribution is 5.98. The molecule has 2 unspecified atom stereocenters. The van der Waals surface area contributed by atoms with Crippen molar-refractivity contribution in [3.63, 3.8) is 0 Å². The second kappa shape index (κ2) is 5.95.